The van der Waals surface area contributed by atoms with E-state index >= 15 is 0 Å². The highest BCUT2D eigenvalue weighted by molar-refractivity contribution is 7.99. The number of fused-ring (bicyclic) bond motifs is 1. The number of allylic oxidation sites excluding steroid dienone is 1. The van der Waals surface area contributed by atoms with Gasteiger partial charge in [-0.3, -0.25) is 14.2 Å². The number of hydrogen-bond acceptors (Lipinski definition) is 4. The number of benzene rings is 2. The van der Waals surface area contributed by atoms with E-state index in [4.69, 9.17) is 0 Å². The average Bonchev–Trinajstić information content (AvgIpc) is 3.07. The van der Waals surface area contributed by atoms with Crippen molar-refractivity contribution in [3.05, 3.63) is 100 Å². The van der Waals surface area contributed by atoms with E-state index in [0.717, 1.165) is 33.8 Å². The highest BCUT2D eigenvalue weighted by atomic mass is 32.2. The molecule has 0 amide bonds. The summed E-state index contributed by atoms with van der Waals surface area (Å²) in [6.45, 7) is 8.12. The Kier molecular flexibility index (Phi) is 6.29. The summed E-state index contributed by atoms with van der Waals surface area (Å²) in [5.74, 6) is -1.80. The largest absolute Gasteiger partial charge is 0.345 e. The van der Waals surface area contributed by atoms with Gasteiger partial charge in [0.25, 0.3) is 5.56 Å². The van der Waals surface area contributed by atoms with Crippen LogP contribution in [-0.2, 0) is 6.54 Å². The van der Waals surface area contributed by atoms with Gasteiger partial charge in [-0.15, -0.1) is 6.58 Å². The third kappa shape index (κ3) is 4.26. The van der Waals surface area contributed by atoms with Crippen LogP contribution in [0, 0.1) is 25.5 Å². The number of carbonyl (C=O) groups excluding carboxylic acids is 1. The van der Waals surface area contributed by atoms with Gasteiger partial charge in [0.1, 0.15) is 11.6 Å². The van der Waals surface area contributed by atoms with E-state index in [-0.39, 0.29) is 22.4 Å². The summed E-state index contributed by atoms with van der Waals surface area (Å²) >= 11 is 1.04. The Labute approximate surface area is 193 Å². The molecule has 2 aromatic heterocycles. The van der Waals surface area contributed by atoms with Crippen LogP contribution in [0.5, 0.6) is 0 Å². The number of Topliss-reactive ketones (excluding diaryl/α,β-unsaturated/α-hetero) is 1. The molecule has 168 valence electrons. The Hall–Kier alpha value is -3.52. The maximum absolute atomic E-state index is 14.6. The molecule has 0 aliphatic heterocycles. The number of rotatable bonds is 7. The normalized spacial score (nSPS) is 11.2. The van der Waals surface area contributed by atoms with Gasteiger partial charge in [-0.05, 0) is 44.2 Å². The molecule has 0 aliphatic carbocycles. The van der Waals surface area contributed by atoms with E-state index in [9.17, 15) is 18.4 Å². The summed E-state index contributed by atoms with van der Waals surface area (Å²) in [6.07, 6.45) is 1.76. The summed E-state index contributed by atoms with van der Waals surface area (Å²) in [4.78, 5) is 30.8. The molecule has 0 N–H and O–H groups in total. The quantitative estimate of drug-likeness (QED) is 0.162. The van der Waals surface area contributed by atoms with Gasteiger partial charge in [-0.25, -0.2) is 13.8 Å². The molecular formula is C25H21F2N3O2S. The number of para-hydroxylation sites is 1. The zero-order valence-electron chi connectivity index (χ0n) is 18.1. The van der Waals surface area contributed by atoms with E-state index in [1.807, 2.05) is 24.5 Å². The molecule has 0 unspecified atom stereocenters. The van der Waals surface area contributed by atoms with Gasteiger partial charge in [-0.2, -0.15) is 0 Å². The number of thioether (sulfide) groups is 1. The topological polar surface area (TPSA) is 56.9 Å². The summed E-state index contributed by atoms with van der Waals surface area (Å²) in [6, 6.07) is 11.5. The first kappa shape index (κ1) is 22.7. The smallest absolute Gasteiger partial charge is 0.266 e. The van der Waals surface area contributed by atoms with Crippen LogP contribution in [0.25, 0.3) is 16.6 Å². The molecular weight excluding hydrogens is 444 g/mol. The van der Waals surface area contributed by atoms with Gasteiger partial charge < -0.3 is 4.57 Å². The molecule has 4 rings (SSSR count). The molecule has 33 heavy (non-hydrogen) atoms. The molecule has 0 saturated carbocycles. The Morgan fingerprint density at radius 2 is 1.91 bits per heavy atom. The monoisotopic (exact) mass is 465 g/mol. The maximum atomic E-state index is 14.6. The standard InChI is InChI=1S/C25H21F2N3O2S/c1-4-11-29-15(2)12-19(16(29)3)23(31)14-33-25-28-21-8-6-5-7-18(21)24(32)30(25)22-10-9-17(26)13-20(22)27/h4-10,12-13H,1,11,14H2,2-3H3. The molecule has 2 heterocycles. The number of hydrogen-bond donors (Lipinski definition) is 0. The lowest BCUT2D eigenvalue weighted by Gasteiger charge is -2.14. The first-order valence-corrected chi connectivity index (χ1v) is 11.2. The van der Waals surface area contributed by atoms with Crippen LogP contribution < -0.4 is 5.56 Å². The predicted octanol–water partition coefficient (Wildman–Crippen LogP) is 5.24. The second-order valence-electron chi connectivity index (χ2n) is 7.54. The molecule has 8 heteroatoms. The number of carbonyl (C=O) groups is 1. The molecule has 0 spiro atoms. The Balaban J connectivity index is 1.76. The molecule has 4 aromatic rings. The van der Waals surface area contributed by atoms with Crippen molar-refractivity contribution in [1.82, 2.24) is 14.1 Å². The van der Waals surface area contributed by atoms with Crippen LogP contribution in [0.1, 0.15) is 21.7 Å². The molecule has 0 atom stereocenters. The van der Waals surface area contributed by atoms with Crippen molar-refractivity contribution < 1.29 is 13.6 Å². The zero-order valence-corrected chi connectivity index (χ0v) is 19.0. The Morgan fingerprint density at radius 1 is 1.15 bits per heavy atom. The average molecular weight is 466 g/mol. The predicted molar refractivity (Wildman–Crippen MR) is 126 cm³/mol. The Morgan fingerprint density at radius 3 is 2.64 bits per heavy atom. The van der Waals surface area contributed by atoms with E-state index in [1.165, 1.54) is 6.07 Å². The van der Waals surface area contributed by atoms with Crippen molar-refractivity contribution >= 4 is 28.4 Å². The Bertz CT molecular complexity index is 1460. The number of nitrogens with zero attached hydrogens (tertiary/aromatic N) is 3. The number of ketones is 1. The minimum Gasteiger partial charge on any atom is -0.345 e. The second-order valence-corrected chi connectivity index (χ2v) is 8.49. The van der Waals surface area contributed by atoms with E-state index in [0.29, 0.717) is 29.1 Å². The molecule has 2 aromatic carbocycles. The second kappa shape index (κ2) is 9.15. The van der Waals surface area contributed by atoms with Crippen molar-refractivity contribution in [1.29, 1.82) is 0 Å². The van der Waals surface area contributed by atoms with Crippen LogP contribution in [0.3, 0.4) is 0 Å². The van der Waals surface area contributed by atoms with Crippen molar-refractivity contribution in [2.75, 3.05) is 5.75 Å². The molecule has 5 nitrogen and oxygen atoms in total. The van der Waals surface area contributed by atoms with Gasteiger partial charge in [0.2, 0.25) is 0 Å². The number of aromatic nitrogens is 3. The molecule has 0 radical (unpaired) electrons. The fourth-order valence-corrected chi connectivity index (χ4v) is 4.67. The van der Waals surface area contributed by atoms with Crippen LogP contribution in [0.4, 0.5) is 8.78 Å². The van der Waals surface area contributed by atoms with Crippen LogP contribution in [-0.4, -0.2) is 25.7 Å². The summed E-state index contributed by atoms with van der Waals surface area (Å²) in [7, 11) is 0. The third-order valence-corrected chi connectivity index (χ3v) is 6.35. The fraction of sp³-hybridized carbons (Fsp3) is 0.160. The van der Waals surface area contributed by atoms with E-state index in [2.05, 4.69) is 11.6 Å². The van der Waals surface area contributed by atoms with Crippen molar-refractivity contribution in [2.24, 2.45) is 0 Å². The summed E-state index contributed by atoms with van der Waals surface area (Å²) in [5.41, 5.74) is 2.15. The number of halogens is 2. The van der Waals surface area contributed by atoms with Gasteiger partial charge >= 0.3 is 0 Å². The lowest BCUT2D eigenvalue weighted by molar-refractivity contribution is 0.102. The fourth-order valence-electron chi connectivity index (χ4n) is 3.79. The van der Waals surface area contributed by atoms with Crippen molar-refractivity contribution in [2.45, 2.75) is 25.5 Å². The third-order valence-electron chi connectivity index (χ3n) is 5.41. The molecule has 0 aliphatic rings. The first-order chi connectivity index (χ1) is 15.8. The van der Waals surface area contributed by atoms with E-state index < -0.39 is 17.2 Å². The zero-order chi connectivity index (χ0) is 23.7. The van der Waals surface area contributed by atoms with Crippen molar-refractivity contribution in [3.8, 4) is 5.69 Å². The van der Waals surface area contributed by atoms with Crippen LogP contribution in [0.2, 0.25) is 0 Å². The molecule has 0 saturated heterocycles. The van der Waals surface area contributed by atoms with Crippen molar-refractivity contribution in [3.63, 3.8) is 0 Å². The minimum atomic E-state index is -0.893. The lowest BCUT2D eigenvalue weighted by Crippen LogP contribution is -2.23. The highest BCUT2D eigenvalue weighted by Crippen LogP contribution is 2.25. The lowest BCUT2D eigenvalue weighted by atomic mass is 10.2. The maximum Gasteiger partial charge on any atom is 0.266 e. The van der Waals surface area contributed by atoms with Gasteiger partial charge in [0.05, 0.1) is 22.3 Å². The van der Waals surface area contributed by atoms with Crippen LogP contribution >= 0.6 is 11.8 Å². The molecule has 0 fully saturated rings. The summed E-state index contributed by atoms with van der Waals surface area (Å²) in [5, 5.41) is 0.447. The SMILES string of the molecule is C=CCn1c(C)cc(C(=O)CSc2nc3ccccc3c(=O)n2-c2ccc(F)cc2F)c1C. The van der Waals surface area contributed by atoms with Crippen LogP contribution in [0.15, 0.2) is 71.1 Å². The van der Waals surface area contributed by atoms with E-state index in [1.54, 1.807) is 30.3 Å². The number of aryl methyl sites for hydroxylation is 1. The molecule has 0 bridgehead atoms. The highest BCUT2D eigenvalue weighted by Gasteiger charge is 2.20. The first-order valence-electron chi connectivity index (χ1n) is 10.2. The van der Waals surface area contributed by atoms with Gasteiger partial charge in [0.15, 0.2) is 10.9 Å². The van der Waals surface area contributed by atoms with Gasteiger partial charge in [-0.1, -0.05) is 30.0 Å². The van der Waals surface area contributed by atoms with Gasteiger partial charge in [0, 0.05) is 29.6 Å². The summed E-state index contributed by atoms with van der Waals surface area (Å²) < 4.78 is 31.2. The minimum absolute atomic E-state index is 0.00796.